The lowest BCUT2D eigenvalue weighted by molar-refractivity contribution is -0.135. The minimum Gasteiger partial charge on any atom is -0.323 e. The summed E-state index contributed by atoms with van der Waals surface area (Å²) in [5, 5.41) is 5.28. The van der Waals surface area contributed by atoms with Gasteiger partial charge < -0.3 is 10.6 Å². The molecule has 0 atom stereocenters. The number of rotatable bonds is 5. The summed E-state index contributed by atoms with van der Waals surface area (Å²) in [6, 6.07) is 5.43. The number of hydrogen-bond donors (Lipinski definition) is 2. The minimum absolute atomic E-state index is 0.0186. The highest BCUT2D eigenvalue weighted by Crippen LogP contribution is 2.37. The Morgan fingerprint density at radius 3 is 2.50 bits per heavy atom. The molecule has 28 heavy (non-hydrogen) atoms. The summed E-state index contributed by atoms with van der Waals surface area (Å²) in [6.45, 7) is 1.66. The van der Waals surface area contributed by atoms with Gasteiger partial charge in [0.25, 0.3) is 5.91 Å². The number of urea groups is 1. The van der Waals surface area contributed by atoms with Crippen LogP contribution in [0.1, 0.15) is 39.0 Å². The first-order valence-corrected chi connectivity index (χ1v) is 11.3. The molecule has 1 saturated carbocycles. The van der Waals surface area contributed by atoms with E-state index >= 15 is 0 Å². The first kappa shape index (κ1) is 20.3. The van der Waals surface area contributed by atoms with Crippen LogP contribution in [0.5, 0.6) is 0 Å². The van der Waals surface area contributed by atoms with Crippen molar-refractivity contribution in [3.8, 4) is 0 Å². The number of nitrogens with one attached hydrogen (secondary N) is 2. The Labute approximate surface area is 164 Å². The van der Waals surface area contributed by atoms with Crippen LogP contribution < -0.4 is 10.6 Å². The fourth-order valence-electron chi connectivity index (χ4n) is 3.96. The third-order valence-corrected chi connectivity index (χ3v) is 6.80. The number of benzene rings is 1. The minimum atomic E-state index is -3.53. The summed E-state index contributed by atoms with van der Waals surface area (Å²) in [5.74, 6) is -0.447. The van der Waals surface area contributed by atoms with Crippen LogP contribution in [0.15, 0.2) is 29.2 Å². The number of nitrogens with zero attached hydrogens (tertiary/aromatic N) is 1. The van der Waals surface area contributed by atoms with Crippen LogP contribution in [0, 0.1) is 5.92 Å². The predicted molar refractivity (Wildman–Crippen MR) is 103 cm³/mol. The maximum Gasteiger partial charge on any atom is 0.325 e. The summed E-state index contributed by atoms with van der Waals surface area (Å²) in [5.41, 5.74) is -0.784. The number of amides is 4. The highest BCUT2D eigenvalue weighted by molar-refractivity contribution is 7.90. The van der Waals surface area contributed by atoms with Gasteiger partial charge >= 0.3 is 6.03 Å². The zero-order valence-electron chi connectivity index (χ0n) is 16.0. The summed E-state index contributed by atoms with van der Waals surface area (Å²) in [4.78, 5) is 38.5. The van der Waals surface area contributed by atoms with Crippen molar-refractivity contribution in [2.24, 2.45) is 5.92 Å². The number of sulfone groups is 1. The van der Waals surface area contributed by atoms with E-state index in [1.807, 2.05) is 0 Å². The third kappa shape index (κ3) is 3.89. The van der Waals surface area contributed by atoms with Crippen LogP contribution in [0.4, 0.5) is 10.5 Å². The van der Waals surface area contributed by atoms with E-state index in [9.17, 15) is 22.8 Å². The summed E-state index contributed by atoms with van der Waals surface area (Å²) >= 11 is 0. The van der Waals surface area contributed by atoms with E-state index in [1.54, 1.807) is 12.1 Å². The Kier molecular flexibility index (Phi) is 5.47. The maximum absolute atomic E-state index is 12.9. The standard InChI is InChI=1S/C19H25N3O5S/c1-3-13-8-10-19(11-9-13)17(24)22(18(25)21-19)12-16(23)20-14-6-4-5-7-15(14)28(2,26)27/h4-7,13H,3,8-12H2,1-2H3,(H,20,23)(H,21,25). The first-order valence-electron chi connectivity index (χ1n) is 9.39. The van der Waals surface area contributed by atoms with Gasteiger partial charge in [0, 0.05) is 6.26 Å². The molecule has 1 saturated heterocycles. The van der Waals surface area contributed by atoms with Crippen molar-refractivity contribution in [3.63, 3.8) is 0 Å². The van der Waals surface area contributed by atoms with Crippen LogP contribution in [0.2, 0.25) is 0 Å². The highest BCUT2D eigenvalue weighted by Gasteiger charge is 2.52. The van der Waals surface area contributed by atoms with Gasteiger partial charge in [0.05, 0.1) is 10.6 Å². The van der Waals surface area contributed by atoms with Crippen LogP contribution in [0.25, 0.3) is 0 Å². The number of carbonyl (C=O) groups is 3. The quantitative estimate of drug-likeness (QED) is 0.724. The Morgan fingerprint density at radius 1 is 1.25 bits per heavy atom. The van der Waals surface area contributed by atoms with Gasteiger partial charge in [-0.1, -0.05) is 25.5 Å². The monoisotopic (exact) mass is 407 g/mol. The van der Waals surface area contributed by atoms with E-state index in [1.165, 1.54) is 12.1 Å². The molecule has 2 fully saturated rings. The van der Waals surface area contributed by atoms with Crippen LogP contribution in [-0.4, -0.2) is 49.5 Å². The molecule has 2 N–H and O–H groups in total. The summed E-state index contributed by atoms with van der Waals surface area (Å²) in [7, 11) is -3.53. The average Bonchev–Trinajstić information content (AvgIpc) is 2.86. The zero-order valence-corrected chi connectivity index (χ0v) is 16.8. The van der Waals surface area contributed by atoms with Gasteiger partial charge in [-0.05, 0) is 43.7 Å². The molecular weight excluding hydrogens is 382 g/mol. The van der Waals surface area contributed by atoms with Gasteiger partial charge in [-0.3, -0.25) is 14.5 Å². The average molecular weight is 407 g/mol. The van der Waals surface area contributed by atoms with Crippen molar-refractivity contribution in [1.29, 1.82) is 0 Å². The van der Waals surface area contributed by atoms with Gasteiger partial charge in [0.1, 0.15) is 12.1 Å². The molecule has 8 nitrogen and oxygen atoms in total. The predicted octanol–water partition coefficient (Wildman–Crippen LogP) is 1.92. The fourth-order valence-corrected chi connectivity index (χ4v) is 4.81. The molecule has 3 rings (SSSR count). The molecule has 1 heterocycles. The molecule has 2 aliphatic rings. The van der Waals surface area contributed by atoms with Gasteiger partial charge in [-0.15, -0.1) is 0 Å². The second-order valence-electron chi connectivity index (χ2n) is 7.57. The first-order chi connectivity index (χ1) is 13.2. The lowest BCUT2D eigenvalue weighted by Crippen LogP contribution is -2.49. The Hall–Kier alpha value is -2.42. The lowest BCUT2D eigenvalue weighted by atomic mass is 9.75. The second-order valence-corrected chi connectivity index (χ2v) is 9.56. The molecule has 1 spiro atoms. The molecule has 152 valence electrons. The van der Waals surface area contributed by atoms with E-state index in [4.69, 9.17) is 0 Å². The smallest absolute Gasteiger partial charge is 0.323 e. The van der Waals surface area contributed by atoms with E-state index in [2.05, 4.69) is 17.6 Å². The molecule has 0 unspecified atom stereocenters. The Morgan fingerprint density at radius 2 is 1.89 bits per heavy atom. The number of hydrogen-bond acceptors (Lipinski definition) is 5. The molecule has 1 aromatic carbocycles. The molecular formula is C19H25N3O5S. The Balaban J connectivity index is 1.70. The normalized spacial score (nSPS) is 25.1. The molecule has 0 radical (unpaired) electrons. The van der Waals surface area contributed by atoms with Gasteiger partial charge in [0.15, 0.2) is 9.84 Å². The van der Waals surface area contributed by atoms with Gasteiger partial charge in [-0.25, -0.2) is 13.2 Å². The van der Waals surface area contributed by atoms with Crippen LogP contribution >= 0.6 is 0 Å². The number of anilines is 1. The highest BCUT2D eigenvalue weighted by atomic mass is 32.2. The summed E-state index contributed by atoms with van der Waals surface area (Å²) in [6.07, 6.45) is 4.97. The van der Waals surface area contributed by atoms with Crippen molar-refractivity contribution in [3.05, 3.63) is 24.3 Å². The van der Waals surface area contributed by atoms with Gasteiger partial charge in [-0.2, -0.15) is 0 Å². The molecule has 1 aliphatic carbocycles. The van der Waals surface area contributed by atoms with Crippen molar-refractivity contribution in [2.75, 3.05) is 18.1 Å². The van der Waals surface area contributed by atoms with Gasteiger partial charge in [0.2, 0.25) is 5.91 Å². The number of para-hydroxylation sites is 1. The SMILES string of the molecule is CCC1CCC2(CC1)NC(=O)N(CC(=O)Nc1ccccc1S(C)(=O)=O)C2=O. The third-order valence-electron chi connectivity index (χ3n) is 5.64. The number of imide groups is 1. The maximum atomic E-state index is 12.9. The molecule has 4 amide bonds. The molecule has 0 aromatic heterocycles. The fraction of sp³-hybridized carbons (Fsp3) is 0.526. The van der Waals surface area contributed by atoms with Crippen LogP contribution in [-0.2, 0) is 19.4 Å². The van der Waals surface area contributed by atoms with Crippen molar-refractivity contribution in [2.45, 2.75) is 49.5 Å². The van der Waals surface area contributed by atoms with E-state index in [-0.39, 0.29) is 16.5 Å². The Bertz CT molecular complexity index is 904. The summed E-state index contributed by atoms with van der Waals surface area (Å²) < 4.78 is 23.7. The van der Waals surface area contributed by atoms with Crippen molar-refractivity contribution >= 4 is 33.4 Å². The van der Waals surface area contributed by atoms with E-state index in [0.29, 0.717) is 18.8 Å². The van der Waals surface area contributed by atoms with E-state index in [0.717, 1.165) is 30.4 Å². The molecule has 9 heteroatoms. The van der Waals surface area contributed by atoms with Crippen LogP contribution in [0.3, 0.4) is 0 Å². The zero-order chi connectivity index (χ0) is 20.5. The molecule has 1 aliphatic heterocycles. The molecule has 0 bridgehead atoms. The second kappa shape index (κ2) is 7.54. The lowest BCUT2D eigenvalue weighted by Gasteiger charge is -2.34. The van der Waals surface area contributed by atoms with E-state index < -0.39 is 33.9 Å². The van der Waals surface area contributed by atoms with Crippen molar-refractivity contribution < 1.29 is 22.8 Å². The molecule has 1 aromatic rings. The largest absolute Gasteiger partial charge is 0.325 e. The van der Waals surface area contributed by atoms with Crippen molar-refractivity contribution in [1.82, 2.24) is 10.2 Å². The number of carbonyl (C=O) groups excluding carboxylic acids is 3. The topological polar surface area (TPSA) is 113 Å².